The fourth-order valence-corrected chi connectivity index (χ4v) is 3.18. The fraction of sp³-hybridized carbons (Fsp3) is 0.100. The molecule has 7 heteroatoms. The molecule has 0 bridgehead atoms. The van der Waals surface area contributed by atoms with Crippen molar-refractivity contribution in [1.82, 2.24) is 14.6 Å². The van der Waals surface area contributed by atoms with Crippen LogP contribution >= 0.6 is 0 Å². The lowest BCUT2D eigenvalue weighted by Crippen LogP contribution is -2.33. The Labute approximate surface area is 155 Å². The van der Waals surface area contributed by atoms with Crippen LogP contribution in [0.5, 0.6) is 0 Å². The molecule has 0 aliphatic carbocycles. The van der Waals surface area contributed by atoms with Gasteiger partial charge in [-0.25, -0.2) is 9.50 Å². The van der Waals surface area contributed by atoms with Crippen LogP contribution in [0.25, 0.3) is 28.0 Å². The number of aromatic nitrogens is 4. The number of fused-ring (bicyclic) bond motifs is 1. The van der Waals surface area contributed by atoms with Crippen molar-refractivity contribution >= 4 is 11.5 Å². The molecule has 3 aromatic heterocycles. The highest BCUT2D eigenvalue weighted by Gasteiger charge is 2.20. The number of anilines is 1. The van der Waals surface area contributed by atoms with Gasteiger partial charge in [0.05, 0.1) is 17.2 Å². The third-order valence-electron chi connectivity index (χ3n) is 4.43. The van der Waals surface area contributed by atoms with Crippen LogP contribution in [0.1, 0.15) is 17.0 Å². The molecule has 1 aromatic carbocycles. The molecule has 0 unspecified atom stereocenters. The Morgan fingerprint density at radius 2 is 1.85 bits per heavy atom. The molecule has 3 heterocycles. The SMILES string of the molecule is Cc1cc(-c2c(-c3cccc(C#N)c3)nn3ccc(N)nc23)cc(C)[n+]1[O-]. The maximum absolute atomic E-state index is 12.1. The maximum atomic E-state index is 12.1. The van der Waals surface area contributed by atoms with E-state index in [1.54, 1.807) is 54.9 Å². The van der Waals surface area contributed by atoms with Gasteiger partial charge in [-0.2, -0.15) is 15.1 Å². The first kappa shape index (κ1) is 16.5. The summed E-state index contributed by atoms with van der Waals surface area (Å²) in [7, 11) is 0. The second-order valence-electron chi connectivity index (χ2n) is 6.36. The largest absolute Gasteiger partial charge is 0.618 e. The van der Waals surface area contributed by atoms with Crippen LogP contribution in [0.2, 0.25) is 0 Å². The van der Waals surface area contributed by atoms with Crippen LogP contribution in [0, 0.1) is 30.4 Å². The molecule has 4 aromatic rings. The average molecular weight is 356 g/mol. The first-order chi connectivity index (χ1) is 13.0. The normalized spacial score (nSPS) is 10.9. The summed E-state index contributed by atoms with van der Waals surface area (Å²) >= 11 is 0. The van der Waals surface area contributed by atoms with Gasteiger partial charge in [-0.15, -0.1) is 0 Å². The van der Waals surface area contributed by atoms with Gasteiger partial charge in [0.1, 0.15) is 11.5 Å². The molecule has 0 saturated heterocycles. The molecule has 4 rings (SSSR count). The van der Waals surface area contributed by atoms with E-state index in [2.05, 4.69) is 16.2 Å². The Morgan fingerprint density at radius 1 is 1.11 bits per heavy atom. The average Bonchev–Trinajstić information content (AvgIpc) is 3.04. The predicted octanol–water partition coefficient (Wildman–Crippen LogP) is 2.77. The number of rotatable bonds is 2. The fourth-order valence-electron chi connectivity index (χ4n) is 3.18. The van der Waals surface area contributed by atoms with E-state index in [1.165, 1.54) is 0 Å². The standard InChI is InChI=1S/C20H16N6O/c1-12-8-16(9-13(2)26(12)27)18-19(15-5-3-4-14(10-15)11-21)24-25-7-6-17(22)23-20(18)25/h3-10H,1-2H3,(H2,22,23). The molecular weight excluding hydrogens is 340 g/mol. The second kappa shape index (κ2) is 6.11. The maximum Gasteiger partial charge on any atom is 0.190 e. The summed E-state index contributed by atoms with van der Waals surface area (Å²) in [5.74, 6) is 0.379. The number of pyridine rings is 1. The van der Waals surface area contributed by atoms with Gasteiger partial charge < -0.3 is 10.9 Å². The van der Waals surface area contributed by atoms with Gasteiger partial charge >= 0.3 is 0 Å². The van der Waals surface area contributed by atoms with E-state index in [1.807, 2.05) is 12.1 Å². The van der Waals surface area contributed by atoms with E-state index in [-0.39, 0.29) is 0 Å². The Morgan fingerprint density at radius 3 is 2.56 bits per heavy atom. The van der Waals surface area contributed by atoms with Gasteiger partial charge in [-0.05, 0) is 18.2 Å². The van der Waals surface area contributed by atoms with Crippen molar-refractivity contribution in [2.45, 2.75) is 13.8 Å². The van der Waals surface area contributed by atoms with Crippen molar-refractivity contribution < 1.29 is 4.73 Å². The van der Waals surface area contributed by atoms with Gasteiger partial charge in [0.15, 0.2) is 17.0 Å². The Hall–Kier alpha value is -3.92. The summed E-state index contributed by atoms with van der Waals surface area (Å²) in [6.45, 7) is 3.51. The van der Waals surface area contributed by atoms with E-state index in [0.29, 0.717) is 34.1 Å². The van der Waals surface area contributed by atoms with Gasteiger partial charge in [0.25, 0.3) is 0 Å². The molecule has 132 valence electrons. The number of hydrogen-bond donors (Lipinski definition) is 1. The van der Waals surface area contributed by atoms with Crippen molar-refractivity contribution in [3.8, 4) is 28.5 Å². The van der Waals surface area contributed by atoms with Crippen molar-refractivity contribution in [3.63, 3.8) is 0 Å². The quantitative estimate of drug-likeness (QED) is 0.439. The van der Waals surface area contributed by atoms with Crippen LogP contribution in [0.3, 0.4) is 0 Å². The minimum atomic E-state index is 0.379. The Balaban J connectivity index is 2.08. The molecule has 0 radical (unpaired) electrons. The highest BCUT2D eigenvalue weighted by molar-refractivity contribution is 5.91. The number of hydrogen-bond acceptors (Lipinski definition) is 5. The number of aryl methyl sites for hydroxylation is 2. The Kier molecular flexibility index (Phi) is 3.74. The zero-order valence-corrected chi connectivity index (χ0v) is 14.8. The molecule has 27 heavy (non-hydrogen) atoms. The summed E-state index contributed by atoms with van der Waals surface area (Å²) < 4.78 is 2.54. The topological polar surface area (TPSA) is 107 Å². The lowest BCUT2D eigenvalue weighted by atomic mass is 9.99. The van der Waals surface area contributed by atoms with E-state index < -0.39 is 0 Å². The molecule has 0 amide bonds. The van der Waals surface area contributed by atoms with Crippen molar-refractivity contribution in [1.29, 1.82) is 5.26 Å². The number of nitrogens with zero attached hydrogens (tertiary/aromatic N) is 5. The molecule has 0 saturated carbocycles. The van der Waals surface area contributed by atoms with Gasteiger partial charge in [-0.3, -0.25) is 0 Å². The van der Waals surface area contributed by atoms with E-state index in [9.17, 15) is 10.5 Å². The highest BCUT2D eigenvalue weighted by atomic mass is 16.5. The summed E-state index contributed by atoms with van der Waals surface area (Å²) in [6, 6.07) is 14.7. The number of nitrogen functional groups attached to an aromatic ring is 1. The third kappa shape index (κ3) is 2.73. The summed E-state index contributed by atoms with van der Waals surface area (Å²) in [4.78, 5) is 4.45. The van der Waals surface area contributed by atoms with Crippen molar-refractivity contribution in [3.05, 3.63) is 70.8 Å². The second-order valence-corrected chi connectivity index (χ2v) is 6.36. The molecule has 0 fully saturated rings. The van der Waals surface area contributed by atoms with Crippen molar-refractivity contribution in [2.24, 2.45) is 0 Å². The van der Waals surface area contributed by atoms with Gasteiger partial charge in [-0.1, -0.05) is 12.1 Å². The number of benzene rings is 1. The molecule has 0 atom stereocenters. The molecule has 2 N–H and O–H groups in total. The molecule has 0 aliphatic rings. The van der Waals surface area contributed by atoms with Crippen molar-refractivity contribution in [2.75, 3.05) is 5.73 Å². The number of nitriles is 1. The van der Waals surface area contributed by atoms with E-state index >= 15 is 0 Å². The molecule has 0 spiro atoms. The monoisotopic (exact) mass is 356 g/mol. The first-order valence-electron chi connectivity index (χ1n) is 8.34. The predicted molar refractivity (Wildman–Crippen MR) is 101 cm³/mol. The molecular formula is C20H16N6O. The van der Waals surface area contributed by atoms with Crippen LogP contribution < -0.4 is 10.5 Å². The van der Waals surface area contributed by atoms with Crippen LogP contribution in [0.4, 0.5) is 5.82 Å². The molecule has 0 aliphatic heterocycles. The minimum Gasteiger partial charge on any atom is -0.618 e. The summed E-state index contributed by atoms with van der Waals surface area (Å²) in [5.41, 5.74) is 11.2. The third-order valence-corrected chi connectivity index (χ3v) is 4.43. The van der Waals surface area contributed by atoms with E-state index in [4.69, 9.17) is 5.73 Å². The van der Waals surface area contributed by atoms with E-state index in [0.717, 1.165) is 21.4 Å². The van der Waals surface area contributed by atoms with Gasteiger partial charge in [0, 0.05) is 43.3 Å². The minimum absolute atomic E-state index is 0.379. The van der Waals surface area contributed by atoms with Crippen LogP contribution in [0.15, 0.2) is 48.7 Å². The summed E-state index contributed by atoms with van der Waals surface area (Å²) in [5, 5.41) is 26.0. The van der Waals surface area contributed by atoms with Crippen LogP contribution in [-0.4, -0.2) is 14.6 Å². The van der Waals surface area contributed by atoms with Crippen LogP contribution in [-0.2, 0) is 0 Å². The summed E-state index contributed by atoms with van der Waals surface area (Å²) in [6.07, 6.45) is 1.75. The zero-order valence-electron chi connectivity index (χ0n) is 14.8. The zero-order chi connectivity index (χ0) is 19.1. The highest BCUT2D eigenvalue weighted by Crippen LogP contribution is 2.35. The first-order valence-corrected chi connectivity index (χ1v) is 8.34. The number of nitrogens with two attached hydrogens (primary N) is 1. The molecule has 7 nitrogen and oxygen atoms in total. The smallest absolute Gasteiger partial charge is 0.190 e. The lowest BCUT2D eigenvalue weighted by Gasteiger charge is -2.08. The van der Waals surface area contributed by atoms with Gasteiger partial charge in [0.2, 0.25) is 0 Å². The Bertz CT molecular complexity index is 1210. The lowest BCUT2D eigenvalue weighted by molar-refractivity contribution is -0.619.